The molecule has 28 nitrogen and oxygen atoms in total. The number of carbonyl (C=O) groups excluding carboxylic acids is 6. The van der Waals surface area contributed by atoms with E-state index < -0.39 is 47.7 Å². The molecule has 1 heterocycles. The number of amides is 7. The number of phenolic OH excluding ortho intramolecular Hbond substituents is 1. The van der Waals surface area contributed by atoms with Gasteiger partial charge in [0, 0.05) is 117 Å². The van der Waals surface area contributed by atoms with Gasteiger partial charge in [-0.3, -0.25) is 68.3 Å². The average molecular weight is 1190 g/mol. The highest BCUT2D eigenvalue weighted by Crippen LogP contribution is 2.28. The fourth-order valence-electron chi connectivity index (χ4n) is 8.83. The molecular weight excluding hydrogens is 1100 g/mol. The van der Waals surface area contributed by atoms with E-state index in [4.69, 9.17) is 10.5 Å². The number of nitrogens with zero attached hydrogens (tertiary/aromatic N) is 5. The number of nitrogens with one attached hydrogen (secondary N) is 8. The Morgan fingerprint density at radius 3 is 1.75 bits per heavy atom. The van der Waals surface area contributed by atoms with Crippen molar-refractivity contribution in [2.75, 3.05) is 136 Å². The molecule has 1 fully saturated rings. The maximum absolute atomic E-state index is 14.5. The van der Waals surface area contributed by atoms with Crippen LogP contribution < -0.4 is 48.3 Å². The molecule has 7 amide bonds. The van der Waals surface area contributed by atoms with Crippen LogP contribution in [0.3, 0.4) is 0 Å². The summed E-state index contributed by atoms with van der Waals surface area (Å²) in [6.07, 6.45) is 1.41. The largest absolute Gasteiger partial charge is 0.508 e. The van der Waals surface area contributed by atoms with Gasteiger partial charge in [0.05, 0.1) is 45.3 Å². The van der Waals surface area contributed by atoms with Crippen molar-refractivity contribution >= 4 is 65.1 Å². The first-order chi connectivity index (χ1) is 40.9. The molecule has 4 rings (SSSR count). The van der Waals surface area contributed by atoms with E-state index in [1.165, 1.54) is 12.1 Å². The standard InChI is InChI=1S/C57H84N14O14/c1-2-47(73)61-22-23-64-57(84)67-56(58)63-19-7-13-46(54(82)65-36-41-14-16-45(72)17-15-41)66-55(83)53(42-9-4-3-5-10-42)43-11-6-12-44(35-43)59-20-8-21-60-48(74)18-33-85-34-24-62-49(75)37-68-25-27-69(38-50(76)77)29-31-71(40-52(80)81)32-30-70(28-26-68)39-51(78)79/h3-6,9-12,14-17,35,46,53,59,72H,2,7-8,13,18-34,36-40H2,1H3,(H,60,74)(H,61,73)(H,62,75)(H,65,82)(H,66,83)(H,76,77)(H,78,79)(H,80,81)(H4,58,63,64,67,84)/t46-,53+/m1/s1. The summed E-state index contributed by atoms with van der Waals surface area (Å²) in [5.41, 5.74) is 8.71. The van der Waals surface area contributed by atoms with Gasteiger partial charge >= 0.3 is 23.9 Å². The Morgan fingerprint density at radius 1 is 0.588 bits per heavy atom. The Morgan fingerprint density at radius 2 is 1.15 bits per heavy atom. The fourth-order valence-corrected chi connectivity index (χ4v) is 8.83. The van der Waals surface area contributed by atoms with Gasteiger partial charge in [0.2, 0.25) is 29.5 Å². The van der Waals surface area contributed by atoms with Gasteiger partial charge in [-0.1, -0.05) is 61.5 Å². The molecule has 466 valence electrons. The van der Waals surface area contributed by atoms with Crippen molar-refractivity contribution in [2.24, 2.45) is 10.7 Å². The Balaban J connectivity index is 1.24. The normalized spacial score (nSPS) is 14.7. The summed E-state index contributed by atoms with van der Waals surface area (Å²) in [6.45, 7) is 4.94. The minimum absolute atomic E-state index is 0.0416. The first-order valence-electron chi connectivity index (χ1n) is 28.4. The highest BCUT2D eigenvalue weighted by atomic mass is 16.5. The minimum Gasteiger partial charge on any atom is -0.508 e. The van der Waals surface area contributed by atoms with E-state index in [2.05, 4.69) is 47.5 Å². The van der Waals surface area contributed by atoms with Gasteiger partial charge < -0.3 is 68.1 Å². The Kier molecular flexibility index (Phi) is 31.8. The number of rotatable bonds is 34. The number of carbonyl (C=O) groups is 9. The lowest BCUT2D eigenvalue weighted by atomic mass is 9.89. The number of benzene rings is 3. The topological polar surface area (TPSA) is 391 Å². The lowest BCUT2D eigenvalue weighted by Crippen LogP contribution is -2.50. The highest BCUT2D eigenvalue weighted by Gasteiger charge is 2.29. The van der Waals surface area contributed by atoms with Crippen LogP contribution in [0.4, 0.5) is 10.5 Å². The monoisotopic (exact) mass is 1190 g/mol. The summed E-state index contributed by atoms with van der Waals surface area (Å²) < 4.78 is 5.61. The summed E-state index contributed by atoms with van der Waals surface area (Å²) in [4.78, 5) is 123. The number of hydrogen-bond donors (Lipinski definition) is 13. The number of ether oxygens (including phenoxy) is 1. The molecule has 3 aromatic carbocycles. The van der Waals surface area contributed by atoms with E-state index in [-0.39, 0.29) is 154 Å². The van der Waals surface area contributed by atoms with Crippen molar-refractivity contribution in [3.63, 3.8) is 0 Å². The molecule has 28 heteroatoms. The quantitative estimate of drug-likeness (QED) is 0.0197. The van der Waals surface area contributed by atoms with Crippen molar-refractivity contribution in [3.8, 4) is 5.75 Å². The van der Waals surface area contributed by atoms with E-state index in [0.717, 1.165) is 11.3 Å². The van der Waals surface area contributed by atoms with Gasteiger partial charge in [-0.25, -0.2) is 4.79 Å². The number of aliphatic imine (C=N–C) groups is 1. The first-order valence-corrected chi connectivity index (χ1v) is 28.4. The highest BCUT2D eigenvalue weighted by molar-refractivity contribution is 5.95. The Bertz CT molecular complexity index is 2600. The number of guanidine groups is 1. The zero-order valence-corrected chi connectivity index (χ0v) is 48.2. The molecule has 3 aromatic rings. The molecule has 1 saturated heterocycles. The van der Waals surface area contributed by atoms with Gasteiger partial charge in [-0.15, -0.1) is 0 Å². The van der Waals surface area contributed by atoms with Gasteiger partial charge in [0.1, 0.15) is 11.8 Å². The van der Waals surface area contributed by atoms with Gasteiger partial charge in [-0.2, -0.15) is 0 Å². The SMILES string of the molecule is CCC(=O)NCCNC(=O)NC(N)=NCCC[C@@H](NC(=O)[C@@H](c1ccccc1)c1cccc(NCCCNC(=O)CCOCCNC(=O)CN2CCN(CC(=O)O)CCN(CC(=O)O)CCN(CC(=O)O)CC2)c1)C(=O)NCc1ccc(O)cc1. The van der Waals surface area contributed by atoms with Gasteiger partial charge in [0.15, 0.2) is 5.96 Å². The minimum atomic E-state index is -1.05. The van der Waals surface area contributed by atoms with Crippen LogP contribution in [-0.2, 0) is 49.6 Å². The molecule has 0 saturated carbocycles. The summed E-state index contributed by atoms with van der Waals surface area (Å²) in [5.74, 6) is -5.64. The lowest BCUT2D eigenvalue weighted by molar-refractivity contribution is -0.140. The molecule has 0 spiro atoms. The predicted molar refractivity (Wildman–Crippen MR) is 315 cm³/mol. The van der Waals surface area contributed by atoms with Crippen LogP contribution >= 0.6 is 0 Å². The molecule has 85 heavy (non-hydrogen) atoms. The molecule has 0 aromatic heterocycles. The Labute approximate surface area is 494 Å². The molecular formula is C57H84N14O14. The van der Waals surface area contributed by atoms with Crippen LogP contribution in [0.15, 0.2) is 83.9 Å². The van der Waals surface area contributed by atoms with Crippen LogP contribution in [0.25, 0.3) is 0 Å². The molecule has 1 aliphatic heterocycles. The van der Waals surface area contributed by atoms with Crippen LogP contribution in [0.2, 0.25) is 0 Å². The first kappa shape index (κ1) is 69.1. The molecule has 2 atom stereocenters. The van der Waals surface area contributed by atoms with Crippen LogP contribution in [0.1, 0.15) is 61.6 Å². The van der Waals surface area contributed by atoms with Crippen LogP contribution in [0.5, 0.6) is 5.75 Å². The number of aliphatic carboxylic acids is 3. The van der Waals surface area contributed by atoms with Crippen LogP contribution in [0, 0.1) is 0 Å². The molecule has 14 N–H and O–H groups in total. The summed E-state index contributed by atoms with van der Waals surface area (Å²) in [7, 11) is 0. The number of anilines is 1. The number of phenols is 1. The van der Waals surface area contributed by atoms with Crippen LogP contribution in [-0.4, -0.2) is 237 Å². The maximum atomic E-state index is 14.5. The van der Waals surface area contributed by atoms with E-state index in [9.17, 15) is 63.6 Å². The summed E-state index contributed by atoms with van der Waals surface area (Å²) in [5, 5.41) is 60.6. The summed E-state index contributed by atoms with van der Waals surface area (Å²) in [6, 6.07) is 21.2. The smallest absolute Gasteiger partial charge is 0.321 e. The third-order valence-electron chi connectivity index (χ3n) is 13.3. The number of aromatic hydroxyl groups is 1. The van der Waals surface area contributed by atoms with E-state index in [0.29, 0.717) is 56.6 Å². The van der Waals surface area contributed by atoms with Gasteiger partial charge in [-0.05, 0) is 60.2 Å². The third kappa shape index (κ3) is 29.6. The number of carboxylic acid groups (broad SMARTS) is 3. The van der Waals surface area contributed by atoms with Crippen molar-refractivity contribution in [1.29, 1.82) is 0 Å². The Hall–Kier alpha value is -8.44. The van der Waals surface area contributed by atoms with Crippen molar-refractivity contribution in [2.45, 2.75) is 57.5 Å². The average Bonchev–Trinajstić information content (AvgIpc) is 3.33. The maximum Gasteiger partial charge on any atom is 0.321 e. The zero-order chi connectivity index (χ0) is 61.8. The zero-order valence-electron chi connectivity index (χ0n) is 48.2. The molecule has 0 radical (unpaired) electrons. The molecule has 0 unspecified atom stereocenters. The second-order valence-electron chi connectivity index (χ2n) is 20.0. The fraction of sp³-hybridized carbons (Fsp3) is 0.509. The molecule has 1 aliphatic rings. The second-order valence-corrected chi connectivity index (χ2v) is 20.0. The second kappa shape index (κ2) is 39.2. The van der Waals surface area contributed by atoms with E-state index >= 15 is 0 Å². The lowest BCUT2D eigenvalue weighted by Gasteiger charge is -2.32. The number of hydrogen-bond acceptors (Lipinski definition) is 17. The number of carboxylic acids is 3. The van der Waals surface area contributed by atoms with Crippen molar-refractivity contribution < 1.29 is 68.3 Å². The molecule has 0 aliphatic carbocycles. The predicted octanol–water partition coefficient (Wildman–Crippen LogP) is -0.838. The molecule has 0 bridgehead atoms. The van der Waals surface area contributed by atoms with E-state index in [1.54, 1.807) is 33.8 Å². The van der Waals surface area contributed by atoms with Gasteiger partial charge in [0.25, 0.3) is 0 Å². The van der Waals surface area contributed by atoms with E-state index in [1.807, 2.05) is 59.5 Å². The number of nitrogens with two attached hydrogens (primary N) is 1. The van der Waals surface area contributed by atoms with Crippen molar-refractivity contribution in [3.05, 3.63) is 95.6 Å². The summed E-state index contributed by atoms with van der Waals surface area (Å²) >= 11 is 0. The number of urea groups is 1. The third-order valence-corrected chi connectivity index (χ3v) is 13.3. The van der Waals surface area contributed by atoms with Crippen molar-refractivity contribution in [1.82, 2.24) is 56.8 Å².